The van der Waals surface area contributed by atoms with E-state index in [1.54, 1.807) is 30.3 Å². The van der Waals surface area contributed by atoms with Gasteiger partial charge in [0.2, 0.25) is 0 Å². The third-order valence-corrected chi connectivity index (χ3v) is 6.03. The molecule has 0 spiro atoms. The number of hydrogen-bond donors (Lipinski definition) is 2. The zero-order chi connectivity index (χ0) is 21.8. The van der Waals surface area contributed by atoms with Crippen LogP contribution in [0.15, 0.2) is 47.3 Å². The first kappa shape index (κ1) is 21.1. The highest BCUT2D eigenvalue weighted by Gasteiger charge is 2.20. The molecule has 1 aromatic heterocycles. The van der Waals surface area contributed by atoms with Crippen molar-refractivity contribution in [2.24, 2.45) is 5.92 Å². The predicted molar refractivity (Wildman–Crippen MR) is 118 cm³/mol. The number of phenols is 1. The fourth-order valence-corrected chi connectivity index (χ4v) is 4.19. The molecule has 3 aromatic rings. The maximum atomic E-state index is 12.4. The Hall–Kier alpha value is -3.19. The van der Waals surface area contributed by atoms with Crippen LogP contribution in [0.25, 0.3) is 10.9 Å². The molecule has 4 rings (SSSR count). The van der Waals surface area contributed by atoms with Crippen molar-refractivity contribution in [3.05, 3.63) is 69.8 Å². The molecule has 2 heterocycles. The fraction of sp³-hybridized carbons (Fsp3) is 0.375. The fourth-order valence-electron chi connectivity index (χ4n) is 4.19. The highest BCUT2D eigenvalue weighted by Crippen LogP contribution is 2.24. The maximum Gasteiger partial charge on any atom is 0.337 e. The second kappa shape index (κ2) is 9.31. The van der Waals surface area contributed by atoms with Gasteiger partial charge >= 0.3 is 5.97 Å². The number of nitrogens with one attached hydrogen (secondary N) is 1. The molecule has 0 radical (unpaired) electrons. The topological polar surface area (TPSA) is 95.5 Å². The van der Waals surface area contributed by atoms with E-state index in [4.69, 9.17) is 4.74 Å². The molecule has 2 aromatic carbocycles. The smallest absolute Gasteiger partial charge is 0.337 e. The molecule has 0 bridgehead atoms. The van der Waals surface area contributed by atoms with E-state index < -0.39 is 5.97 Å². The van der Waals surface area contributed by atoms with Gasteiger partial charge in [-0.25, -0.2) is 9.78 Å². The lowest BCUT2D eigenvalue weighted by Gasteiger charge is -2.31. The number of fused-ring (bicyclic) bond motifs is 1. The minimum Gasteiger partial charge on any atom is -0.508 e. The number of aromatic amines is 1. The Balaban J connectivity index is 1.36. The van der Waals surface area contributed by atoms with Crippen LogP contribution in [0.5, 0.6) is 5.75 Å². The van der Waals surface area contributed by atoms with Crippen LogP contribution in [-0.2, 0) is 17.7 Å². The number of aryl methyl sites for hydroxylation is 1. The summed E-state index contributed by atoms with van der Waals surface area (Å²) in [5.41, 5.74) is 1.95. The molecule has 162 valence electrons. The summed E-state index contributed by atoms with van der Waals surface area (Å²) in [6.07, 6.45) is 4.39. The van der Waals surface area contributed by atoms with Crippen LogP contribution >= 0.6 is 0 Å². The van der Waals surface area contributed by atoms with Crippen LogP contribution in [0.3, 0.4) is 0 Å². The lowest BCUT2D eigenvalue weighted by Crippen LogP contribution is -2.34. The number of rotatable bonds is 6. The number of phenolic OH excluding ortho intramolecular Hbond substituents is 1. The third-order valence-electron chi connectivity index (χ3n) is 6.03. The van der Waals surface area contributed by atoms with E-state index in [1.807, 2.05) is 12.1 Å². The van der Waals surface area contributed by atoms with Crippen molar-refractivity contribution in [2.75, 3.05) is 20.2 Å². The van der Waals surface area contributed by atoms with E-state index in [9.17, 15) is 14.7 Å². The van der Waals surface area contributed by atoms with Gasteiger partial charge in [0, 0.05) is 0 Å². The average Bonchev–Trinajstić information content (AvgIpc) is 2.79. The van der Waals surface area contributed by atoms with Crippen molar-refractivity contribution in [1.29, 1.82) is 0 Å². The molecule has 1 saturated heterocycles. The SMILES string of the molecule is COC(=O)c1ccc2c(=O)[nH]c(CN3CCC(CCc4ccc(O)cc4)CC3)nc2c1. The van der Waals surface area contributed by atoms with Crippen LogP contribution in [0.2, 0.25) is 0 Å². The number of aromatic hydroxyl groups is 1. The highest BCUT2D eigenvalue weighted by atomic mass is 16.5. The summed E-state index contributed by atoms with van der Waals surface area (Å²) in [4.78, 5) is 34.0. The van der Waals surface area contributed by atoms with Crippen molar-refractivity contribution < 1.29 is 14.6 Å². The quantitative estimate of drug-likeness (QED) is 0.593. The Morgan fingerprint density at radius 1 is 1.19 bits per heavy atom. The number of hydrogen-bond acceptors (Lipinski definition) is 6. The van der Waals surface area contributed by atoms with Gasteiger partial charge in [-0.05, 0) is 80.6 Å². The van der Waals surface area contributed by atoms with Crippen LogP contribution in [0.1, 0.15) is 41.0 Å². The Labute approximate surface area is 180 Å². The largest absolute Gasteiger partial charge is 0.508 e. The van der Waals surface area contributed by atoms with Gasteiger partial charge in [-0.3, -0.25) is 9.69 Å². The van der Waals surface area contributed by atoms with Gasteiger partial charge in [0.15, 0.2) is 0 Å². The molecular weight excluding hydrogens is 394 g/mol. The molecule has 1 aliphatic heterocycles. The average molecular weight is 421 g/mol. The van der Waals surface area contributed by atoms with Gasteiger partial charge in [0.05, 0.1) is 30.1 Å². The van der Waals surface area contributed by atoms with E-state index in [2.05, 4.69) is 14.9 Å². The van der Waals surface area contributed by atoms with E-state index in [1.165, 1.54) is 12.7 Å². The summed E-state index contributed by atoms with van der Waals surface area (Å²) < 4.78 is 4.76. The van der Waals surface area contributed by atoms with Gasteiger partial charge in [-0.1, -0.05) is 12.1 Å². The second-order valence-corrected chi connectivity index (χ2v) is 8.16. The normalized spacial score (nSPS) is 15.3. The molecule has 0 saturated carbocycles. The van der Waals surface area contributed by atoms with E-state index in [-0.39, 0.29) is 5.56 Å². The molecule has 0 amide bonds. The highest BCUT2D eigenvalue weighted by molar-refractivity contribution is 5.93. The van der Waals surface area contributed by atoms with E-state index in [0.717, 1.165) is 38.8 Å². The van der Waals surface area contributed by atoms with E-state index >= 15 is 0 Å². The Bertz CT molecular complexity index is 1120. The van der Waals surface area contributed by atoms with Gasteiger partial charge in [0.25, 0.3) is 5.56 Å². The summed E-state index contributed by atoms with van der Waals surface area (Å²) in [7, 11) is 1.33. The summed E-state index contributed by atoms with van der Waals surface area (Å²) in [6, 6.07) is 12.2. The number of piperidine rings is 1. The number of likely N-dealkylation sites (tertiary alicyclic amines) is 1. The van der Waals surface area contributed by atoms with Crippen molar-refractivity contribution in [1.82, 2.24) is 14.9 Å². The number of nitrogens with zero attached hydrogens (tertiary/aromatic N) is 2. The standard InChI is InChI=1S/C24H27N3O4/c1-31-24(30)18-6-9-20-21(14-18)25-22(26-23(20)29)15-27-12-10-17(11-13-27)3-2-16-4-7-19(28)8-5-16/h4-9,14,17,28H,2-3,10-13,15H2,1H3,(H,25,26,29). The number of esters is 1. The summed E-state index contributed by atoms with van der Waals surface area (Å²) in [5, 5.41) is 9.86. The van der Waals surface area contributed by atoms with Gasteiger partial charge in [0.1, 0.15) is 11.6 Å². The molecule has 0 aliphatic carbocycles. The number of carbonyl (C=O) groups excluding carboxylic acids is 1. The number of aromatic nitrogens is 2. The molecule has 1 fully saturated rings. The van der Waals surface area contributed by atoms with Crippen molar-refractivity contribution in [3.63, 3.8) is 0 Å². The number of methoxy groups -OCH3 is 1. The first-order valence-electron chi connectivity index (χ1n) is 10.6. The van der Waals surface area contributed by atoms with Crippen LogP contribution in [-0.4, -0.2) is 46.1 Å². The maximum absolute atomic E-state index is 12.4. The van der Waals surface area contributed by atoms with Crippen molar-refractivity contribution in [2.45, 2.75) is 32.2 Å². The predicted octanol–water partition coefficient (Wildman–Crippen LogP) is 3.26. The van der Waals surface area contributed by atoms with Gasteiger partial charge in [-0.2, -0.15) is 0 Å². The Morgan fingerprint density at radius 3 is 2.65 bits per heavy atom. The minimum atomic E-state index is -0.445. The molecule has 7 nitrogen and oxygen atoms in total. The molecule has 0 unspecified atom stereocenters. The number of ether oxygens (including phenoxy) is 1. The first-order chi connectivity index (χ1) is 15.0. The number of benzene rings is 2. The number of H-pyrrole nitrogens is 1. The molecule has 7 heteroatoms. The van der Waals surface area contributed by atoms with Crippen molar-refractivity contribution >= 4 is 16.9 Å². The van der Waals surface area contributed by atoms with E-state index in [0.29, 0.717) is 40.5 Å². The van der Waals surface area contributed by atoms with Crippen molar-refractivity contribution in [3.8, 4) is 5.75 Å². The second-order valence-electron chi connectivity index (χ2n) is 8.16. The molecule has 2 N–H and O–H groups in total. The molecule has 31 heavy (non-hydrogen) atoms. The summed E-state index contributed by atoms with van der Waals surface area (Å²) in [6.45, 7) is 2.51. The summed E-state index contributed by atoms with van der Waals surface area (Å²) in [5.74, 6) is 1.15. The Morgan fingerprint density at radius 2 is 1.94 bits per heavy atom. The number of carbonyl (C=O) groups is 1. The van der Waals surface area contributed by atoms with Gasteiger partial charge < -0.3 is 14.8 Å². The lowest BCUT2D eigenvalue weighted by atomic mass is 9.90. The minimum absolute atomic E-state index is 0.194. The Kier molecular flexibility index (Phi) is 6.32. The molecular formula is C24H27N3O4. The summed E-state index contributed by atoms with van der Waals surface area (Å²) >= 11 is 0. The van der Waals surface area contributed by atoms with Crippen LogP contribution < -0.4 is 5.56 Å². The van der Waals surface area contributed by atoms with Gasteiger partial charge in [-0.15, -0.1) is 0 Å². The molecule has 1 aliphatic rings. The van der Waals surface area contributed by atoms with Crippen LogP contribution in [0, 0.1) is 5.92 Å². The zero-order valence-electron chi connectivity index (χ0n) is 17.6. The zero-order valence-corrected chi connectivity index (χ0v) is 17.6. The molecule has 0 atom stereocenters. The first-order valence-corrected chi connectivity index (χ1v) is 10.6. The third kappa shape index (κ3) is 5.11. The van der Waals surface area contributed by atoms with Crippen LogP contribution in [0.4, 0.5) is 0 Å². The lowest BCUT2D eigenvalue weighted by molar-refractivity contribution is 0.0601. The monoisotopic (exact) mass is 421 g/mol.